The summed E-state index contributed by atoms with van der Waals surface area (Å²) in [6.45, 7) is 4.71. The molecule has 0 fully saturated rings. The Kier molecular flexibility index (Phi) is 38.9. The topological polar surface area (TPSA) is 95.9 Å². The largest absolute Gasteiger partial charge is 0.466 e. The van der Waals surface area contributed by atoms with E-state index in [1.54, 1.807) is 6.08 Å². The summed E-state index contributed by atoms with van der Waals surface area (Å²) in [7, 11) is 0. The van der Waals surface area contributed by atoms with Crippen LogP contribution >= 0.6 is 0 Å². The number of allylic oxidation sites excluding steroid dienone is 7. The maximum Gasteiger partial charge on any atom is 0.305 e. The first-order chi connectivity index (χ1) is 25.0. The second-order valence-electron chi connectivity index (χ2n) is 14.3. The lowest BCUT2D eigenvalue weighted by atomic mass is 10.1. The minimum atomic E-state index is -0.865. The third-order valence-corrected chi connectivity index (χ3v) is 9.31. The molecule has 0 aliphatic carbocycles. The maximum absolute atomic E-state index is 12.3. The molecule has 0 spiro atoms. The molecule has 0 aromatic carbocycles. The van der Waals surface area contributed by atoms with Crippen molar-refractivity contribution in [2.75, 3.05) is 13.2 Å². The molecule has 0 aliphatic heterocycles. The highest BCUT2D eigenvalue weighted by atomic mass is 16.5. The van der Waals surface area contributed by atoms with Crippen molar-refractivity contribution in [2.45, 2.75) is 212 Å². The van der Waals surface area contributed by atoms with Crippen molar-refractivity contribution in [3.8, 4) is 0 Å². The second kappa shape index (κ2) is 40.6. The third-order valence-electron chi connectivity index (χ3n) is 9.31. The zero-order valence-corrected chi connectivity index (χ0v) is 33.3. The summed E-state index contributed by atoms with van der Waals surface area (Å²) < 4.78 is 5.40. The number of carbonyl (C=O) groups excluding carboxylic acids is 2. The van der Waals surface area contributed by atoms with Crippen LogP contribution in [0.3, 0.4) is 0 Å². The minimum absolute atomic E-state index is 0.0551. The average molecular weight is 716 g/mol. The van der Waals surface area contributed by atoms with Crippen molar-refractivity contribution < 1.29 is 24.5 Å². The fourth-order valence-electron chi connectivity index (χ4n) is 5.93. The third kappa shape index (κ3) is 37.4. The Morgan fingerprint density at radius 3 is 1.57 bits per heavy atom. The van der Waals surface area contributed by atoms with Crippen LogP contribution in [0, 0.1) is 0 Å². The van der Waals surface area contributed by atoms with E-state index >= 15 is 0 Å². The van der Waals surface area contributed by atoms with Gasteiger partial charge in [-0.05, 0) is 83.5 Å². The van der Waals surface area contributed by atoms with Crippen molar-refractivity contribution in [1.82, 2.24) is 5.32 Å². The number of unbranched alkanes of at least 4 members (excludes halogenated alkanes) is 21. The number of amides is 1. The molecule has 0 aliphatic rings. The molecule has 1 amide bonds. The van der Waals surface area contributed by atoms with Gasteiger partial charge in [0.05, 0.1) is 25.4 Å². The fourth-order valence-corrected chi connectivity index (χ4v) is 5.93. The molecule has 0 aromatic rings. The minimum Gasteiger partial charge on any atom is -0.466 e. The van der Waals surface area contributed by atoms with E-state index in [2.05, 4.69) is 55.6 Å². The number of hydrogen-bond donors (Lipinski definition) is 3. The molecule has 0 aromatic heterocycles. The Bertz CT molecular complexity index is 880. The van der Waals surface area contributed by atoms with Crippen LogP contribution in [0.4, 0.5) is 0 Å². The molecule has 0 heterocycles. The molecule has 3 N–H and O–H groups in total. The first-order valence-corrected chi connectivity index (χ1v) is 21.4. The molecule has 2 unspecified atom stereocenters. The average Bonchev–Trinajstić information content (AvgIpc) is 3.13. The van der Waals surface area contributed by atoms with Gasteiger partial charge in [0.2, 0.25) is 5.91 Å². The van der Waals surface area contributed by atoms with Crippen molar-refractivity contribution in [3.05, 3.63) is 48.6 Å². The van der Waals surface area contributed by atoms with Gasteiger partial charge in [-0.25, -0.2) is 0 Å². The zero-order chi connectivity index (χ0) is 37.3. The fraction of sp³-hybridized carbons (Fsp3) is 0.778. The van der Waals surface area contributed by atoms with Crippen molar-refractivity contribution >= 4 is 11.9 Å². The molecular formula is C45H81NO5. The van der Waals surface area contributed by atoms with Crippen molar-refractivity contribution in [1.29, 1.82) is 0 Å². The molecule has 0 saturated heterocycles. The molecule has 0 saturated carbocycles. The number of esters is 1. The van der Waals surface area contributed by atoms with Crippen LogP contribution in [0.15, 0.2) is 48.6 Å². The molecule has 2 atom stereocenters. The number of nitrogens with one attached hydrogen (secondary N) is 1. The van der Waals surface area contributed by atoms with E-state index in [0.29, 0.717) is 19.4 Å². The second-order valence-corrected chi connectivity index (χ2v) is 14.3. The van der Waals surface area contributed by atoms with Crippen LogP contribution in [0.2, 0.25) is 0 Å². The highest BCUT2D eigenvalue weighted by Gasteiger charge is 2.17. The Morgan fingerprint density at radius 1 is 0.549 bits per heavy atom. The van der Waals surface area contributed by atoms with Crippen LogP contribution in [-0.4, -0.2) is 47.4 Å². The van der Waals surface area contributed by atoms with Gasteiger partial charge in [-0.1, -0.05) is 152 Å². The van der Waals surface area contributed by atoms with Gasteiger partial charge in [0, 0.05) is 12.8 Å². The lowest BCUT2D eigenvalue weighted by Gasteiger charge is -2.20. The van der Waals surface area contributed by atoms with E-state index in [1.165, 1.54) is 83.5 Å². The van der Waals surface area contributed by atoms with Gasteiger partial charge in [0.1, 0.15) is 0 Å². The number of ether oxygens (including phenoxy) is 1. The van der Waals surface area contributed by atoms with Gasteiger partial charge < -0.3 is 20.3 Å². The van der Waals surface area contributed by atoms with E-state index in [1.807, 2.05) is 6.08 Å². The summed E-state index contributed by atoms with van der Waals surface area (Å²) in [5.74, 6) is -0.165. The van der Waals surface area contributed by atoms with Crippen LogP contribution in [0.5, 0.6) is 0 Å². The molecule has 0 bridgehead atoms. The van der Waals surface area contributed by atoms with E-state index < -0.39 is 12.1 Å². The highest BCUT2D eigenvalue weighted by molar-refractivity contribution is 5.76. The lowest BCUT2D eigenvalue weighted by Crippen LogP contribution is -2.45. The summed E-state index contributed by atoms with van der Waals surface area (Å²) in [5, 5.41) is 22.8. The normalized spacial score (nSPS) is 13.3. The Hall–Kier alpha value is -2.18. The first kappa shape index (κ1) is 48.8. The summed E-state index contributed by atoms with van der Waals surface area (Å²) >= 11 is 0. The number of rotatable bonds is 38. The van der Waals surface area contributed by atoms with Crippen LogP contribution in [-0.2, 0) is 14.3 Å². The van der Waals surface area contributed by atoms with E-state index in [4.69, 9.17) is 4.74 Å². The van der Waals surface area contributed by atoms with Gasteiger partial charge in [0.15, 0.2) is 0 Å². The van der Waals surface area contributed by atoms with Gasteiger partial charge in [-0.3, -0.25) is 9.59 Å². The standard InChI is InChI=1S/C45H81NO5/c1-3-5-7-9-11-13-15-16-17-18-23-27-31-35-39-45(50)51-40-36-32-28-24-20-19-22-26-30-34-38-44(49)46-42(41-47)43(48)37-33-29-25-21-14-12-10-8-6-4-2/h9,11,15-16,20,24,33,37,42-43,47-48H,3-8,10,12-14,17-19,21-23,25-32,34-36,38-41H2,1-2H3,(H,46,49)/b11-9-,16-15-,24-20-,37-33+. The number of carbonyl (C=O) groups is 2. The van der Waals surface area contributed by atoms with Crippen molar-refractivity contribution in [3.63, 3.8) is 0 Å². The molecule has 51 heavy (non-hydrogen) atoms. The highest BCUT2D eigenvalue weighted by Crippen LogP contribution is 2.12. The molecule has 296 valence electrons. The lowest BCUT2D eigenvalue weighted by molar-refractivity contribution is -0.143. The van der Waals surface area contributed by atoms with Gasteiger partial charge in [0.25, 0.3) is 0 Å². The van der Waals surface area contributed by atoms with Gasteiger partial charge in [-0.15, -0.1) is 0 Å². The SMILES string of the molecule is CCCC/C=C\C/C=C\CCCCCCCC(=O)OCCCC/C=C\CCCCCCC(=O)NC(CO)C(O)/C=C/CCCCCCCCCC. The van der Waals surface area contributed by atoms with Crippen LogP contribution < -0.4 is 5.32 Å². The summed E-state index contributed by atoms with van der Waals surface area (Å²) in [6.07, 6.45) is 48.1. The first-order valence-electron chi connectivity index (χ1n) is 21.4. The summed E-state index contributed by atoms with van der Waals surface area (Å²) in [6, 6.07) is -0.653. The zero-order valence-electron chi connectivity index (χ0n) is 33.3. The van der Waals surface area contributed by atoms with E-state index in [0.717, 1.165) is 89.9 Å². The monoisotopic (exact) mass is 716 g/mol. The van der Waals surface area contributed by atoms with E-state index in [-0.39, 0.29) is 18.5 Å². The Labute approximate surface area is 315 Å². The molecule has 0 radical (unpaired) electrons. The number of aliphatic hydroxyl groups excluding tert-OH is 2. The summed E-state index contributed by atoms with van der Waals surface area (Å²) in [4.78, 5) is 24.3. The van der Waals surface area contributed by atoms with Gasteiger partial charge in [-0.2, -0.15) is 0 Å². The predicted molar refractivity (Wildman–Crippen MR) is 218 cm³/mol. The molecular weight excluding hydrogens is 634 g/mol. The molecule has 6 nitrogen and oxygen atoms in total. The Balaban J connectivity index is 3.60. The number of hydrogen-bond acceptors (Lipinski definition) is 5. The van der Waals surface area contributed by atoms with Gasteiger partial charge >= 0.3 is 5.97 Å². The smallest absolute Gasteiger partial charge is 0.305 e. The van der Waals surface area contributed by atoms with Crippen LogP contribution in [0.1, 0.15) is 200 Å². The van der Waals surface area contributed by atoms with E-state index in [9.17, 15) is 19.8 Å². The molecule has 6 heteroatoms. The number of aliphatic hydroxyl groups is 2. The predicted octanol–water partition coefficient (Wildman–Crippen LogP) is 11.9. The molecule has 0 rings (SSSR count). The maximum atomic E-state index is 12.3. The quantitative estimate of drug-likeness (QED) is 0.0336. The summed E-state index contributed by atoms with van der Waals surface area (Å²) in [5.41, 5.74) is 0. The van der Waals surface area contributed by atoms with Crippen LogP contribution in [0.25, 0.3) is 0 Å². The van der Waals surface area contributed by atoms with Crippen molar-refractivity contribution in [2.24, 2.45) is 0 Å². The Morgan fingerprint density at radius 2 is 1.00 bits per heavy atom.